The molecule has 7 heteroatoms. The van der Waals surface area contributed by atoms with Crippen LogP contribution in [0.2, 0.25) is 0 Å². The molecule has 0 unspecified atom stereocenters. The topological polar surface area (TPSA) is 99.5 Å². The van der Waals surface area contributed by atoms with Crippen LogP contribution in [0.15, 0.2) is 24.3 Å². The Bertz CT molecular complexity index is 808. The summed E-state index contributed by atoms with van der Waals surface area (Å²) in [7, 11) is 0. The van der Waals surface area contributed by atoms with Crippen LogP contribution in [0.3, 0.4) is 0 Å². The molecule has 2 aliphatic rings. The fraction of sp³-hybridized carbons (Fsp3) is 0.524. The highest BCUT2D eigenvalue weighted by Gasteiger charge is 2.36. The lowest BCUT2D eigenvalue weighted by Gasteiger charge is -2.32. The number of nitrogens with one attached hydrogen (secondary N) is 1. The number of para-hydroxylation sites is 1. The third-order valence-electron chi connectivity index (χ3n) is 5.42. The zero-order valence-electron chi connectivity index (χ0n) is 16.1. The lowest BCUT2D eigenvalue weighted by Crippen LogP contribution is -2.52. The summed E-state index contributed by atoms with van der Waals surface area (Å²) in [5.41, 5.74) is -0.121. The molecule has 0 radical (unpaired) electrons. The Morgan fingerprint density at radius 2 is 1.93 bits per heavy atom. The van der Waals surface area contributed by atoms with Crippen molar-refractivity contribution in [1.29, 1.82) is 5.26 Å². The van der Waals surface area contributed by atoms with Crippen LogP contribution >= 0.6 is 0 Å². The van der Waals surface area contributed by atoms with Crippen molar-refractivity contribution in [1.82, 2.24) is 5.32 Å². The van der Waals surface area contributed by atoms with E-state index in [4.69, 9.17) is 4.74 Å². The Balaban J connectivity index is 1.68. The number of carbonyl (C=O) groups is 3. The van der Waals surface area contributed by atoms with Gasteiger partial charge in [-0.05, 0) is 38.3 Å². The number of ether oxygens (including phenoxy) is 1. The molecule has 1 aromatic carbocycles. The van der Waals surface area contributed by atoms with Gasteiger partial charge in [0, 0.05) is 13.0 Å². The summed E-state index contributed by atoms with van der Waals surface area (Å²) in [6, 6.07) is 8.97. The standard InChI is InChI=1S/C21H25N3O4/c1-15(19(26)23-21(14-22)11-5-2-6-12-21)28-20(27)16-8-3-4-9-17(16)24-13-7-10-18(24)25/h3-4,8-9,15H,2,5-7,10-13H2,1H3,(H,23,26)/t15-/m1/s1. The average molecular weight is 383 g/mol. The van der Waals surface area contributed by atoms with Crippen LogP contribution < -0.4 is 10.2 Å². The molecule has 148 valence electrons. The normalized spacial score (nSPS) is 19.6. The van der Waals surface area contributed by atoms with Crippen LogP contribution in [0.25, 0.3) is 0 Å². The third kappa shape index (κ3) is 4.16. The van der Waals surface area contributed by atoms with Crippen molar-refractivity contribution >= 4 is 23.5 Å². The molecule has 1 atom stereocenters. The van der Waals surface area contributed by atoms with Crippen LogP contribution in [-0.4, -0.2) is 36.0 Å². The van der Waals surface area contributed by atoms with E-state index < -0.39 is 23.5 Å². The number of carbonyl (C=O) groups excluding carboxylic acids is 3. The molecule has 3 rings (SSSR count). The van der Waals surface area contributed by atoms with E-state index in [9.17, 15) is 19.6 Å². The minimum absolute atomic E-state index is 0.0284. The molecule has 1 aliphatic carbocycles. The maximum Gasteiger partial charge on any atom is 0.341 e. The first-order valence-corrected chi connectivity index (χ1v) is 9.79. The molecule has 1 aromatic rings. The number of hydrogen-bond donors (Lipinski definition) is 1. The summed E-state index contributed by atoms with van der Waals surface area (Å²) in [6.07, 6.45) is 4.21. The Kier molecular flexibility index (Phi) is 5.98. The largest absolute Gasteiger partial charge is 0.449 e. The van der Waals surface area contributed by atoms with Gasteiger partial charge in [-0.1, -0.05) is 31.4 Å². The zero-order valence-corrected chi connectivity index (χ0v) is 16.1. The second-order valence-electron chi connectivity index (χ2n) is 7.46. The van der Waals surface area contributed by atoms with E-state index in [1.807, 2.05) is 0 Å². The van der Waals surface area contributed by atoms with Gasteiger partial charge < -0.3 is 15.0 Å². The van der Waals surface area contributed by atoms with Crippen LogP contribution in [0, 0.1) is 11.3 Å². The summed E-state index contributed by atoms with van der Waals surface area (Å²) < 4.78 is 5.37. The molecule has 1 saturated carbocycles. The zero-order chi connectivity index (χ0) is 20.1. The monoisotopic (exact) mass is 383 g/mol. The molecule has 1 saturated heterocycles. The van der Waals surface area contributed by atoms with Crippen LogP contribution in [0.1, 0.15) is 62.2 Å². The van der Waals surface area contributed by atoms with Crippen LogP contribution in [0.5, 0.6) is 0 Å². The Morgan fingerprint density at radius 3 is 2.57 bits per heavy atom. The maximum absolute atomic E-state index is 12.7. The number of amides is 2. The smallest absolute Gasteiger partial charge is 0.341 e. The lowest BCUT2D eigenvalue weighted by atomic mass is 9.83. The van der Waals surface area contributed by atoms with E-state index in [1.54, 1.807) is 29.2 Å². The molecular formula is C21H25N3O4. The van der Waals surface area contributed by atoms with Gasteiger partial charge in [0.25, 0.3) is 5.91 Å². The van der Waals surface area contributed by atoms with Gasteiger partial charge in [-0.2, -0.15) is 5.26 Å². The number of rotatable bonds is 5. The van der Waals surface area contributed by atoms with Crippen LogP contribution in [-0.2, 0) is 14.3 Å². The van der Waals surface area contributed by atoms with Gasteiger partial charge in [-0.3, -0.25) is 9.59 Å². The van der Waals surface area contributed by atoms with Gasteiger partial charge >= 0.3 is 5.97 Å². The van der Waals surface area contributed by atoms with Gasteiger partial charge in [0.15, 0.2) is 6.10 Å². The molecule has 1 heterocycles. The first-order valence-electron chi connectivity index (χ1n) is 9.79. The van der Waals surface area contributed by atoms with E-state index in [1.165, 1.54) is 6.92 Å². The highest BCUT2D eigenvalue weighted by Crippen LogP contribution is 2.28. The quantitative estimate of drug-likeness (QED) is 0.788. The van der Waals surface area contributed by atoms with E-state index in [2.05, 4.69) is 11.4 Å². The first kappa shape index (κ1) is 19.9. The predicted octanol–water partition coefficient (Wildman–Crippen LogP) is 2.70. The van der Waals surface area contributed by atoms with Crippen molar-refractivity contribution in [2.24, 2.45) is 0 Å². The maximum atomic E-state index is 12.7. The van der Waals surface area contributed by atoms with Crippen LogP contribution in [0.4, 0.5) is 5.69 Å². The molecule has 0 aromatic heterocycles. The summed E-state index contributed by atoms with van der Waals surface area (Å²) >= 11 is 0. The molecule has 0 bridgehead atoms. The van der Waals surface area contributed by atoms with Gasteiger partial charge in [0.05, 0.1) is 17.3 Å². The molecule has 2 amide bonds. The minimum Gasteiger partial charge on any atom is -0.449 e. The molecule has 7 nitrogen and oxygen atoms in total. The first-order chi connectivity index (χ1) is 13.5. The highest BCUT2D eigenvalue weighted by molar-refractivity contribution is 6.04. The molecule has 0 spiro atoms. The van der Waals surface area contributed by atoms with Gasteiger partial charge in [-0.25, -0.2) is 4.79 Å². The van der Waals surface area contributed by atoms with Crippen molar-refractivity contribution in [3.8, 4) is 6.07 Å². The van der Waals surface area contributed by atoms with E-state index in [-0.39, 0.29) is 11.5 Å². The predicted molar refractivity (Wildman–Crippen MR) is 102 cm³/mol. The number of esters is 1. The summed E-state index contributed by atoms with van der Waals surface area (Å²) in [6.45, 7) is 2.05. The van der Waals surface area contributed by atoms with Crippen molar-refractivity contribution in [2.45, 2.75) is 63.5 Å². The molecule has 1 aliphatic heterocycles. The Morgan fingerprint density at radius 1 is 1.21 bits per heavy atom. The van der Waals surface area contributed by atoms with Crippen molar-refractivity contribution < 1.29 is 19.1 Å². The minimum atomic E-state index is -1.04. The van der Waals surface area contributed by atoms with E-state index >= 15 is 0 Å². The number of benzene rings is 1. The van der Waals surface area contributed by atoms with E-state index in [0.717, 1.165) is 25.7 Å². The number of nitrogens with zero attached hydrogens (tertiary/aromatic N) is 2. The molecule has 1 N–H and O–H groups in total. The number of anilines is 1. The summed E-state index contributed by atoms with van der Waals surface area (Å²) in [4.78, 5) is 38.8. The van der Waals surface area contributed by atoms with Gasteiger partial charge in [-0.15, -0.1) is 0 Å². The number of nitriles is 1. The second-order valence-corrected chi connectivity index (χ2v) is 7.46. The molecule has 2 fully saturated rings. The Labute approximate surface area is 164 Å². The molecular weight excluding hydrogens is 358 g/mol. The summed E-state index contributed by atoms with van der Waals surface area (Å²) in [5.74, 6) is -1.17. The van der Waals surface area contributed by atoms with E-state index in [0.29, 0.717) is 31.5 Å². The fourth-order valence-electron chi connectivity index (χ4n) is 3.82. The van der Waals surface area contributed by atoms with Crippen molar-refractivity contribution in [2.75, 3.05) is 11.4 Å². The van der Waals surface area contributed by atoms with Crippen molar-refractivity contribution in [3.05, 3.63) is 29.8 Å². The summed E-state index contributed by atoms with van der Waals surface area (Å²) in [5, 5.41) is 12.3. The lowest BCUT2D eigenvalue weighted by molar-refractivity contribution is -0.130. The molecule has 28 heavy (non-hydrogen) atoms. The number of hydrogen-bond acceptors (Lipinski definition) is 5. The SMILES string of the molecule is C[C@@H](OC(=O)c1ccccc1N1CCCC1=O)C(=O)NC1(C#N)CCCCC1. The van der Waals surface area contributed by atoms with Gasteiger partial charge in [0.2, 0.25) is 5.91 Å². The third-order valence-corrected chi connectivity index (χ3v) is 5.42. The van der Waals surface area contributed by atoms with Crippen molar-refractivity contribution in [3.63, 3.8) is 0 Å². The highest BCUT2D eigenvalue weighted by atomic mass is 16.5. The average Bonchev–Trinajstić information content (AvgIpc) is 3.14. The fourth-order valence-corrected chi connectivity index (χ4v) is 3.82. The van der Waals surface area contributed by atoms with Gasteiger partial charge in [0.1, 0.15) is 5.54 Å². The Hall–Kier alpha value is -2.88. The second kappa shape index (κ2) is 8.42.